The van der Waals surface area contributed by atoms with Crippen molar-refractivity contribution in [2.75, 3.05) is 37.7 Å². The Morgan fingerprint density at radius 2 is 1.85 bits per heavy atom. The van der Waals surface area contributed by atoms with Gasteiger partial charge in [0.25, 0.3) is 11.7 Å². The summed E-state index contributed by atoms with van der Waals surface area (Å²) in [5, 5.41) is 4.37. The second-order valence-electron chi connectivity index (χ2n) is 8.16. The van der Waals surface area contributed by atoms with E-state index in [1.165, 1.54) is 6.33 Å². The molecule has 1 aromatic carbocycles. The summed E-state index contributed by atoms with van der Waals surface area (Å²) >= 11 is 0. The molecule has 0 spiro atoms. The van der Waals surface area contributed by atoms with Gasteiger partial charge in [-0.3, -0.25) is 9.59 Å². The highest BCUT2D eigenvalue weighted by molar-refractivity contribution is 5.81. The lowest BCUT2D eigenvalue weighted by Gasteiger charge is -2.37. The molecule has 0 bridgehead atoms. The Labute approximate surface area is 198 Å². The Morgan fingerprint density at radius 1 is 1.12 bits per heavy atom. The summed E-state index contributed by atoms with van der Waals surface area (Å²) in [7, 11) is 0. The molecule has 10 heteroatoms. The number of amides is 1. The van der Waals surface area contributed by atoms with E-state index in [4.69, 9.17) is 9.47 Å². The fourth-order valence-electron chi connectivity index (χ4n) is 4.20. The van der Waals surface area contributed by atoms with Crippen LogP contribution in [0.1, 0.15) is 31.5 Å². The predicted octanol–water partition coefficient (Wildman–Crippen LogP) is 2.04. The minimum atomic E-state index is -0.570. The largest absolute Gasteiger partial charge is 0.481 e. The highest BCUT2D eigenvalue weighted by Gasteiger charge is 2.29. The van der Waals surface area contributed by atoms with Crippen LogP contribution < -0.4 is 9.64 Å². The third kappa shape index (κ3) is 5.11. The monoisotopic (exact) mass is 466 g/mol. The van der Waals surface area contributed by atoms with E-state index in [2.05, 4.69) is 20.0 Å². The molecule has 1 aliphatic rings. The summed E-state index contributed by atoms with van der Waals surface area (Å²) in [5.74, 6) is 1.77. The first-order valence-corrected chi connectivity index (χ1v) is 11.6. The van der Waals surface area contributed by atoms with Crippen LogP contribution in [-0.4, -0.2) is 75.2 Å². The average Bonchev–Trinajstić information content (AvgIpc) is 3.30. The number of fused-ring (bicyclic) bond motifs is 1. The number of esters is 1. The van der Waals surface area contributed by atoms with Gasteiger partial charge in [0.15, 0.2) is 6.10 Å². The number of rotatable bonds is 8. The van der Waals surface area contributed by atoms with E-state index in [1.54, 1.807) is 18.4 Å². The van der Waals surface area contributed by atoms with Crippen molar-refractivity contribution in [3.8, 4) is 5.75 Å². The fourth-order valence-corrected chi connectivity index (χ4v) is 4.20. The first-order valence-electron chi connectivity index (χ1n) is 11.6. The molecule has 34 heavy (non-hydrogen) atoms. The Hall–Kier alpha value is -3.69. The zero-order chi connectivity index (χ0) is 24.1. The topological polar surface area (TPSA) is 102 Å². The zero-order valence-corrected chi connectivity index (χ0v) is 19.8. The molecular weight excluding hydrogens is 436 g/mol. The van der Waals surface area contributed by atoms with Gasteiger partial charge in [0.2, 0.25) is 0 Å². The van der Waals surface area contributed by atoms with E-state index < -0.39 is 6.10 Å². The molecule has 1 unspecified atom stereocenters. The number of nitrogens with zero attached hydrogens (tertiary/aromatic N) is 6. The third-order valence-electron chi connectivity index (χ3n) is 5.88. The van der Waals surface area contributed by atoms with Crippen LogP contribution >= 0.6 is 0 Å². The molecule has 1 fully saturated rings. The smallest absolute Gasteiger partial charge is 0.306 e. The van der Waals surface area contributed by atoms with Gasteiger partial charge in [0.05, 0.1) is 6.61 Å². The first kappa shape index (κ1) is 23.5. The number of piperazine rings is 1. The van der Waals surface area contributed by atoms with Gasteiger partial charge in [-0.05, 0) is 39.3 Å². The summed E-state index contributed by atoms with van der Waals surface area (Å²) < 4.78 is 12.6. The van der Waals surface area contributed by atoms with Gasteiger partial charge in [0, 0.05) is 43.9 Å². The van der Waals surface area contributed by atoms with Crippen molar-refractivity contribution in [1.82, 2.24) is 24.5 Å². The quantitative estimate of drug-likeness (QED) is 0.465. The van der Waals surface area contributed by atoms with Crippen molar-refractivity contribution in [3.05, 3.63) is 47.9 Å². The lowest BCUT2D eigenvalue weighted by Crippen LogP contribution is -2.52. The molecule has 1 saturated heterocycles. The molecule has 2 aromatic heterocycles. The molecule has 4 rings (SSSR count). The molecule has 1 amide bonds. The van der Waals surface area contributed by atoms with Gasteiger partial charge in [-0.1, -0.05) is 18.2 Å². The summed E-state index contributed by atoms with van der Waals surface area (Å²) in [4.78, 5) is 37.8. The maximum atomic E-state index is 13.0. The van der Waals surface area contributed by atoms with Crippen LogP contribution in [0.25, 0.3) is 5.78 Å². The van der Waals surface area contributed by atoms with Crippen LogP contribution in [0.2, 0.25) is 0 Å². The van der Waals surface area contributed by atoms with Gasteiger partial charge in [0.1, 0.15) is 17.9 Å². The lowest BCUT2D eigenvalue weighted by atomic mass is 10.1. The summed E-state index contributed by atoms with van der Waals surface area (Å²) in [5.41, 5.74) is 1.75. The minimum absolute atomic E-state index is 0.0390. The van der Waals surface area contributed by atoms with Crippen molar-refractivity contribution in [1.29, 1.82) is 0 Å². The Morgan fingerprint density at radius 3 is 2.56 bits per heavy atom. The molecular formula is C24H30N6O4. The molecule has 0 aliphatic carbocycles. The summed E-state index contributed by atoms with van der Waals surface area (Å²) in [6.07, 6.45) is 1.66. The number of anilines is 1. The van der Waals surface area contributed by atoms with E-state index in [1.807, 2.05) is 42.2 Å². The van der Waals surface area contributed by atoms with Crippen molar-refractivity contribution < 1.29 is 19.1 Å². The van der Waals surface area contributed by atoms with Crippen molar-refractivity contribution in [2.45, 2.75) is 39.7 Å². The van der Waals surface area contributed by atoms with Crippen LogP contribution in [0.4, 0.5) is 5.82 Å². The highest BCUT2D eigenvalue weighted by atomic mass is 16.5. The van der Waals surface area contributed by atoms with Crippen LogP contribution in [-0.2, 0) is 20.7 Å². The fraction of sp³-hybridized carbons (Fsp3) is 0.458. The molecule has 3 aromatic rings. The molecule has 0 N–H and O–H groups in total. The number of aryl methyl sites for hydroxylation is 1. The molecule has 3 heterocycles. The van der Waals surface area contributed by atoms with Gasteiger partial charge in [-0.2, -0.15) is 14.6 Å². The number of carbonyl (C=O) groups excluding carboxylic acids is 2. The summed E-state index contributed by atoms with van der Waals surface area (Å²) in [6.45, 7) is 8.19. The molecule has 0 saturated carbocycles. The van der Waals surface area contributed by atoms with Crippen LogP contribution in [0.3, 0.4) is 0 Å². The molecule has 0 radical (unpaired) electrons. The van der Waals surface area contributed by atoms with E-state index in [-0.39, 0.29) is 18.3 Å². The number of hydrogen-bond donors (Lipinski definition) is 0. The van der Waals surface area contributed by atoms with Crippen LogP contribution in [0.15, 0.2) is 36.7 Å². The van der Waals surface area contributed by atoms with Gasteiger partial charge >= 0.3 is 5.97 Å². The second-order valence-corrected chi connectivity index (χ2v) is 8.16. The number of para-hydroxylation sites is 1. The average molecular weight is 467 g/mol. The third-order valence-corrected chi connectivity index (χ3v) is 5.88. The van der Waals surface area contributed by atoms with Crippen molar-refractivity contribution in [3.63, 3.8) is 0 Å². The second kappa shape index (κ2) is 10.5. The van der Waals surface area contributed by atoms with Gasteiger partial charge in [-0.15, -0.1) is 0 Å². The summed E-state index contributed by atoms with van der Waals surface area (Å²) in [6, 6.07) is 9.36. The Kier molecular flexibility index (Phi) is 7.24. The maximum Gasteiger partial charge on any atom is 0.306 e. The Bertz CT molecular complexity index is 1140. The van der Waals surface area contributed by atoms with E-state index in [0.717, 1.165) is 17.1 Å². The Balaban J connectivity index is 1.48. The van der Waals surface area contributed by atoms with Crippen LogP contribution in [0.5, 0.6) is 5.75 Å². The van der Waals surface area contributed by atoms with Crippen LogP contribution in [0, 0.1) is 6.92 Å². The molecule has 1 aliphatic heterocycles. The molecule has 1 atom stereocenters. The standard InChI is InChI=1S/C24H30N6O4/c1-4-33-21(31)11-10-20-17(2)27-24-25-16-26-30(24)22(20)28-12-14-29(15-13-28)23(32)18(3)34-19-8-6-5-7-9-19/h5-9,16,18H,4,10-15H2,1-3H3. The minimum Gasteiger partial charge on any atom is -0.481 e. The number of carbonyl (C=O) groups is 2. The molecule has 10 nitrogen and oxygen atoms in total. The number of aromatic nitrogens is 4. The SMILES string of the molecule is CCOC(=O)CCc1c(C)nc2ncnn2c1N1CCN(C(=O)C(C)Oc2ccccc2)CC1. The normalized spacial score (nSPS) is 14.8. The number of hydrogen-bond acceptors (Lipinski definition) is 8. The maximum absolute atomic E-state index is 13.0. The highest BCUT2D eigenvalue weighted by Crippen LogP contribution is 2.26. The molecule has 180 valence electrons. The van der Waals surface area contributed by atoms with Gasteiger partial charge in [-0.25, -0.2) is 4.98 Å². The number of benzene rings is 1. The van der Waals surface area contributed by atoms with E-state index >= 15 is 0 Å². The first-order chi connectivity index (χ1) is 16.5. The van der Waals surface area contributed by atoms with Gasteiger partial charge < -0.3 is 19.3 Å². The predicted molar refractivity (Wildman–Crippen MR) is 126 cm³/mol. The lowest BCUT2D eigenvalue weighted by molar-refractivity contribution is -0.143. The van der Waals surface area contributed by atoms with Crippen molar-refractivity contribution >= 4 is 23.5 Å². The zero-order valence-electron chi connectivity index (χ0n) is 19.8. The van der Waals surface area contributed by atoms with E-state index in [0.29, 0.717) is 50.7 Å². The van der Waals surface area contributed by atoms with Crippen molar-refractivity contribution in [2.24, 2.45) is 0 Å². The van der Waals surface area contributed by atoms with E-state index in [9.17, 15) is 9.59 Å². The number of ether oxygens (including phenoxy) is 2.